The summed E-state index contributed by atoms with van der Waals surface area (Å²) in [5.41, 5.74) is 0.931. The van der Waals surface area contributed by atoms with E-state index >= 15 is 0 Å². The van der Waals surface area contributed by atoms with Crippen molar-refractivity contribution in [1.82, 2.24) is 14.5 Å². The first-order chi connectivity index (χ1) is 21.5. The Kier molecular flexibility index (Phi) is 8.17. The molecule has 1 fully saturated rings. The van der Waals surface area contributed by atoms with Gasteiger partial charge in [0.2, 0.25) is 0 Å². The average molecular weight is 666 g/mol. The van der Waals surface area contributed by atoms with Gasteiger partial charge in [-0.3, -0.25) is 14.4 Å². The van der Waals surface area contributed by atoms with Gasteiger partial charge in [-0.05, 0) is 54.1 Å². The summed E-state index contributed by atoms with van der Waals surface area (Å²) in [4.78, 5) is 42.3. The summed E-state index contributed by atoms with van der Waals surface area (Å²) in [6.07, 6.45) is 2.90. The van der Waals surface area contributed by atoms with Crippen LogP contribution in [0.3, 0.4) is 0 Å². The number of nitrogens with one attached hydrogen (secondary N) is 2. The van der Waals surface area contributed by atoms with Crippen LogP contribution >= 0.6 is 10.2 Å². The molecule has 2 aromatic heterocycles. The van der Waals surface area contributed by atoms with Crippen molar-refractivity contribution >= 4 is 39.2 Å². The lowest BCUT2D eigenvalue weighted by Gasteiger charge is -2.40. The van der Waals surface area contributed by atoms with E-state index in [-0.39, 0.29) is 46.4 Å². The molecule has 0 saturated carbocycles. The van der Waals surface area contributed by atoms with E-state index in [1.165, 1.54) is 36.1 Å². The molecule has 0 radical (unpaired) electrons. The second-order valence-corrected chi connectivity index (χ2v) is 12.9. The van der Waals surface area contributed by atoms with E-state index in [4.69, 9.17) is 4.74 Å². The molecule has 0 unspecified atom stereocenters. The zero-order valence-electron chi connectivity index (χ0n) is 24.2. The number of aromatic nitrogens is 2. The minimum absolute atomic E-state index is 0.104. The van der Waals surface area contributed by atoms with Gasteiger partial charge in [0.25, 0.3) is 17.4 Å². The van der Waals surface area contributed by atoms with Gasteiger partial charge in [0.05, 0.1) is 25.4 Å². The molecule has 0 bridgehead atoms. The average Bonchev–Trinajstić information content (AvgIpc) is 3.02. The van der Waals surface area contributed by atoms with Crippen LogP contribution in [-0.2, 0) is 18.4 Å². The van der Waals surface area contributed by atoms with Crippen LogP contribution in [0.15, 0.2) is 82.7 Å². The van der Waals surface area contributed by atoms with Crippen LogP contribution < -0.4 is 16.2 Å². The molecule has 2 amide bonds. The highest BCUT2D eigenvalue weighted by molar-refractivity contribution is 8.45. The second-order valence-electron chi connectivity index (χ2n) is 10.5. The van der Waals surface area contributed by atoms with E-state index in [0.29, 0.717) is 55.1 Å². The number of anilines is 3. The normalized spacial score (nSPS) is 15.1. The molecule has 3 N–H and O–H groups in total. The molecule has 1 aliphatic heterocycles. The zero-order valence-corrected chi connectivity index (χ0v) is 25.0. The monoisotopic (exact) mass is 665 g/mol. The minimum Gasteiger partial charge on any atom is -0.392 e. The molecule has 0 aliphatic carbocycles. The van der Waals surface area contributed by atoms with Gasteiger partial charge in [0, 0.05) is 54.9 Å². The Morgan fingerprint density at radius 3 is 2.24 bits per heavy atom. The fourth-order valence-corrected chi connectivity index (χ4v) is 5.48. The van der Waals surface area contributed by atoms with Gasteiger partial charge in [-0.25, -0.2) is 4.98 Å². The maximum Gasteiger partial charge on any atom is 0.310 e. The van der Waals surface area contributed by atoms with Gasteiger partial charge >= 0.3 is 10.2 Å². The Hall–Kier alpha value is -4.80. The predicted octanol–water partition coefficient (Wildman–Crippen LogP) is 6.07. The molecule has 4 aromatic rings. The highest BCUT2D eigenvalue weighted by Gasteiger charge is 2.65. The quantitative estimate of drug-likeness (QED) is 0.195. The number of aryl methyl sites for hydroxylation is 1. The van der Waals surface area contributed by atoms with E-state index in [0.717, 1.165) is 0 Å². The first-order valence-corrected chi connectivity index (χ1v) is 15.7. The number of amides is 2. The molecular formula is C30H28F5N5O5S. The summed E-state index contributed by atoms with van der Waals surface area (Å²) in [5.74, 6) is -0.804. The van der Waals surface area contributed by atoms with Gasteiger partial charge in [0.1, 0.15) is 16.4 Å². The van der Waals surface area contributed by atoms with Crippen molar-refractivity contribution in [2.24, 2.45) is 7.05 Å². The molecular weight excluding hydrogens is 637 g/mol. The number of carbonyl (C=O) groups excluding carboxylic acids is 2. The van der Waals surface area contributed by atoms with Gasteiger partial charge in [-0.15, -0.1) is 0 Å². The van der Waals surface area contributed by atoms with Gasteiger partial charge in [-0.1, -0.05) is 31.6 Å². The number of hydrogen-bond acceptors (Lipinski definition) is 7. The lowest BCUT2D eigenvalue weighted by atomic mass is 9.99. The Morgan fingerprint density at radius 1 is 0.957 bits per heavy atom. The molecule has 3 heterocycles. The summed E-state index contributed by atoms with van der Waals surface area (Å²) in [7, 11) is -8.40. The fourth-order valence-electron chi connectivity index (χ4n) is 4.83. The molecule has 46 heavy (non-hydrogen) atoms. The van der Waals surface area contributed by atoms with Crippen LogP contribution in [0.4, 0.5) is 36.6 Å². The second kappa shape index (κ2) is 11.5. The standard InChI is InChI=1S/C30H28F5N5O5S/c1-39-17-21(15-26(30(39)44)37-27-10-7-20(16-36-27)29(43)40-11-13-45-14-12-40)23-3-2-4-25(24(23)18-41)38-28(42)19-5-8-22(9-6-19)46(31,32,33,34)35/h2-10,15-17,41H,11-14,18H2,1H3,(H,36,37)(H,38,42). The van der Waals surface area contributed by atoms with Crippen molar-refractivity contribution in [3.05, 3.63) is 100 Å². The number of nitrogens with zero attached hydrogens (tertiary/aromatic N) is 3. The molecule has 0 atom stereocenters. The number of benzene rings is 2. The van der Waals surface area contributed by atoms with Crippen LogP contribution in [0.2, 0.25) is 0 Å². The van der Waals surface area contributed by atoms with Crippen LogP contribution in [0.1, 0.15) is 26.3 Å². The maximum absolute atomic E-state index is 13.1. The number of rotatable bonds is 8. The summed E-state index contributed by atoms with van der Waals surface area (Å²) >= 11 is 0. The fraction of sp³-hybridized carbons (Fsp3) is 0.200. The lowest BCUT2D eigenvalue weighted by Crippen LogP contribution is -2.40. The SMILES string of the molecule is Cn1cc(-c2cccc(NC(=O)c3ccc(S(F)(F)(F)(F)F)cc3)c2CO)cc(Nc2ccc(C(=O)N3CCOCC3)cn2)c1=O. The third-order valence-electron chi connectivity index (χ3n) is 7.21. The number of hydrogen-bond donors (Lipinski definition) is 3. The third kappa shape index (κ3) is 7.19. The third-order valence-corrected chi connectivity index (χ3v) is 8.37. The van der Waals surface area contributed by atoms with Crippen LogP contribution in [-0.4, -0.2) is 57.7 Å². The lowest BCUT2D eigenvalue weighted by molar-refractivity contribution is 0.0302. The largest absolute Gasteiger partial charge is 0.392 e. The molecule has 16 heteroatoms. The van der Waals surface area contributed by atoms with Gasteiger partial charge < -0.3 is 29.9 Å². The van der Waals surface area contributed by atoms with Crippen molar-refractivity contribution in [2.75, 3.05) is 36.9 Å². The number of morpholine rings is 1. The maximum atomic E-state index is 13.1. The van der Waals surface area contributed by atoms with Crippen molar-refractivity contribution in [2.45, 2.75) is 11.5 Å². The van der Waals surface area contributed by atoms with Crippen molar-refractivity contribution < 1.29 is 38.9 Å². The molecule has 1 aliphatic rings. The summed E-state index contributed by atoms with van der Waals surface area (Å²) in [5, 5.41) is 15.7. The number of carbonyl (C=O) groups is 2. The first kappa shape index (κ1) is 32.6. The summed E-state index contributed by atoms with van der Waals surface area (Å²) < 4.78 is 71.9. The summed E-state index contributed by atoms with van der Waals surface area (Å²) in [6, 6.07) is 10.8. The molecule has 1 saturated heterocycles. The number of aliphatic hydroxyl groups excluding tert-OH is 1. The highest BCUT2D eigenvalue weighted by Crippen LogP contribution is 3.02. The number of ether oxygens (including phenoxy) is 1. The van der Waals surface area contributed by atoms with E-state index in [1.54, 1.807) is 29.2 Å². The molecule has 10 nitrogen and oxygen atoms in total. The number of halogens is 5. The van der Waals surface area contributed by atoms with Gasteiger partial charge in [-0.2, -0.15) is 0 Å². The summed E-state index contributed by atoms with van der Waals surface area (Å²) in [6.45, 7) is 1.27. The number of aliphatic hydroxyl groups is 1. The van der Waals surface area contributed by atoms with Gasteiger partial charge in [0.15, 0.2) is 0 Å². The van der Waals surface area contributed by atoms with Crippen molar-refractivity contribution in [3.63, 3.8) is 0 Å². The Labute approximate surface area is 259 Å². The van der Waals surface area contributed by atoms with E-state index in [9.17, 15) is 38.9 Å². The highest BCUT2D eigenvalue weighted by atomic mass is 32.5. The van der Waals surface area contributed by atoms with Crippen LogP contribution in [0.25, 0.3) is 11.1 Å². The predicted molar refractivity (Wildman–Crippen MR) is 163 cm³/mol. The first-order valence-electron chi connectivity index (χ1n) is 13.7. The van der Waals surface area contributed by atoms with E-state index in [1.807, 2.05) is 0 Å². The molecule has 244 valence electrons. The topological polar surface area (TPSA) is 126 Å². The number of pyridine rings is 2. The van der Waals surface area contributed by atoms with E-state index < -0.39 is 33.2 Å². The minimum atomic E-state index is -9.91. The zero-order chi connectivity index (χ0) is 33.3. The van der Waals surface area contributed by atoms with Crippen LogP contribution in [0.5, 0.6) is 0 Å². The molecule has 2 aromatic carbocycles. The van der Waals surface area contributed by atoms with Crippen molar-refractivity contribution in [1.29, 1.82) is 0 Å². The van der Waals surface area contributed by atoms with E-state index in [2.05, 4.69) is 15.6 Å². The van der Waals surface area contributed by atoms with Crippen molar-refractivity contribution in [3.8, 4) is 11.1 Å². The van der Waals surface area contributed by atoms with Crippen LogP contribution in [0, 0.1) is 0 Å². The Bertz CT molecular complexity index is 1860. The molecule has 5 rings (SSSR count). The molecule has 0 spiro atoms. The smallest absolute Gasteiger partial charge is 0.310 e. The Morgan fingerprint density at radius 2 is 1.63 bits per heavy atom. The Balaban J connectivity index is 1.39.